The number of carbonyl (C=O) groups excluding carboxylic acids is 2. The van der Waals surface area contributed by atoms with Gasteiger partial charge in [0.25, 0.3) is 0 Å². The van der Waals surface area contributed by atoms with Gasteiger partial charge in [0.05, 0.1) is 25.4 Å². The Hall–Kier alpha value is -1.92. The molecule has 3 N–H and O–H groups in total. The molecule has 0 radical (unpaired) electrons. The number of hydrogen-bond acceptors (Lipinski definition) is 5. The molecule has 0 aromatic heterocycles. The molecule has 1 amide bonds. The third-order valence-electron chi connectivity index (χ3n) is 14.4. The van der Waals surface area contributed by atoms with Crippen LogP contribution in [0, 0.1) is 0 Å². The number of rotatable bonds is 58. The Morgan fingerprint density at radius 3 is 1.11 bits per heavy atom. The van der Waals surface area contributed by atoms with Crippen molar-refractivity contribution in [3.8, 4) is 0 Å². The van der Waals surface area contributed by atoms with Crippen LogP contribution in [0.4, 0.5) is 0 Å². The van der Waals surface area contributed by atoms with Crippen LogP contribution in [-0.2, 0) is 14.3 Å². The Balaban J connectivity index is 3.44. The van der Waals surface area contributed by atoms with Crippen LogP contribution < -0.4 is 5.32 Å². The van der Waals surface area contributed by atoms with E-state index in [4.69, 9.17) is 4.74 Å². The lowest BCUT2D eigenvalue weighted by molar-refractivity contribution is -0.143. The number of aliphatic hydroxyl groups excluding tert-OH is 2. The number of allylic oxidation sites excluding steroid dienone is 5. The van der Waals surface area contributed by atoms with Gasteiger partial charge in [0.15, 0.2) is 0 Å². The van der Waals surface area contributed by atoms with Crippen LogP contribution in [0.25, 0.3) is 0 Å². The molecular formula is C64H121NO5. The summed E-state index contributed by atoms with van der Waals surface area (Å²) in [5.41, 5.74) is 0. The monoisotopic (exact) mass is 984 g/mol. The third-order valence-corrected chi connectivity index (χ3v) is 14.4. The molecule has 412 valence electrons. The molecular weight excluding hydrogens is 863 g/mol. The van der Waals surface area contributed by atoms with Gasteiger partial charge in [-0.15, -0.1) is 0 Å². The number of ether oxygens (including phenoxy) is 1. The maximum Gasteiger partial charge on any atom is 0.305 e. The second kappa shape index (κ2) is 59.6. The number of carbonyl (C=O) groups is 2. The van der Waals surface area contributed by atoms with Gasteiger partial charge in [0, 0.05) is 12.8 Å². The van der Waals surface area contributed by atoms with Crippen molar-refractivity contribution in [1.82, 2.24) is 5.32 Å². The molecule has 70 heavy (non-hydrogen) atoms. The van der Waals surface area contributed by atoms with E-state index in [1.807, 2.05) is 6.08 Å². The van der Waals surface area contributed by atoms with Crippen molar-refractivity contribution in [3.63, 3.8) is 0 Å². The Kier molecular flexibility index (Phi) is 58.0. The van der Waals surface area contributed by atoms with E-state index < -0.39 is 12.1 Å². The third kappa shape index (κ3) is 55.4. The second-order valence-corrected chi connectivity index (χ2v) is 21.4. The predicted molar refractivity (Wildman–Crippen MR) is 306 cm³/mol. The lowest BCUT2D eigenvalue weighted by atomic mass is 10.0. The van der Waals surface area contributed by atoms with Gasteiger partial charge in [0.1, 0.15) is 0 Å². The van der Waals surface area contributed by atoms with E-state index in [9.17, 15) is 19.8 Å². The summed E-state index contributed by atoms with van der Waals surface area (Å²) in [5.74, 6) is -0.0742. The van der Waals surface area contributed by atoms with Crippen LogP contribution >= 0.6 is 0 Å². The molecule has 0 rings (SSSR count). The molecule has 0 spiro atoms. The van der Waals surface area contributed by atoms with E-state index in [2.05, 4.69) is 43.5 Å². The first-order valence-electron chi connectivity index (χ1n) is 31.3. The Morgan fingerprint density at radius 1 is 0.400 bits per heavy atom. The lowest BCUT2D eigenvalue weighted by Crippen LogP contribution is -2.45. The highest BCUT2D eigenvalue weighted by Gasteiger charge is 2.18. The van der Waals surface area contributed by atoms with Gasteiger partial charge in [-0.1, -0.05) is 294 Å². The number of hydrogen-bond donors (Lipinski definition) is 3. The van der Waals surface area contributed by atoms with Gasteiger partial charge in [0.2, 0.25) is 5.91 Å². The Morgan fingerprint density at radius 2 is 0.714 bits per heavy atom. The standard InChI is InChI=1S/C64H121NO5/c1-3-5-7-9-11-13-15-17-19-21-22-25-28-32-36-40-44-48-52-56-62(67)61(60-66)65-63(68)57-53-49-45-41-37-33-29-26-23-27-31-35-39-43-47-51-55-59-70-64(69)58-54-50-46-42-38-34-30-24-20-18-16-14-12-10-8-6-4-2/h12,14,18,20,52,56,61-62,66-67H,3-11,13,15-17,19,21-51,53-55,57-60H2,1-2H3,(H,65,68)/b14-12-,20-18-,56-52+. The van der Waals surface area contributed by atoms with Crippen molar-refractivity contribution in [2.75, 3.05) is 13.2 Å². The van der Waals surface area contributed by atoms with Crippen molar-refractivity contribution < 1.29 is 24.5 Å². The molecule has 2 unspecified atom stereocenters. The minimum absolute atomic E-state index is 0.00301. The fraction of sp³-hybridized carbons (Fsp3) is 0.875. The van der Waals surface area contributed by atoms with Crippen LogP contribution in [0.1, 0.15) is 335 Å². The molecule has 0 aliphatic carbocycles. The van der Waals surface area contributed by atoms with Crippen LogP contribution in [0.15, 0.2) is 36.5 Å². The first-order valence-corrected chi connectivity index (χ1v) is 31.3. The largest absolute Gasteiger partial charge is 0.466 e. The molecule has 0 heterocycles. The van der Waals surface area contributed by atoms with Gasteiger partial charge >= 0.3 is 5.97 Å². The van der Waals surface area contributed by atoms with Gasteiger partial charge in [-0.05, 0) is 64.2 Å². The maximum atomic E-state index is 12.5. The van der Waals surface area contributed by atoms with Crippen LogP contribution in [0.2, 0.25) is 0 Å². The number of aliphatic hydroxyl groups is 2. The topological polar surface area (TPSA) is 95.9 Å². The summed E-state index contributed by atoms with van der Waals surface area (Å²) in [6.45, 7) is 4.88. The quantitative estimate of drug-likeness (QED) is 0.0321. The summed E-state index contributed by atoms with van der Waals surface area (Å²) in [4.78, 5) is 24.6. The average molecular weight is 985 g/mol. The summed E-state index contributed by atoms with van der Waals surface area (Å²) in [6.07, 6.45) is 74.6. The second-order valence-electron chi connectivity index (χ2n) is 21.4. The summed E-state index contributed by atoms with van der Waals surface area (Å²) in [7, 11) is 0. The van der Waals surface area contributed by atoms with Gasteiger partial charge in [-0.25, -0.2) is 0 Å². The first-order chi connectivity index (χ1) is 34.5. The lowest BCUT2D eigenvalue weighted by Gasteiger charge is -2.20. The number of unbranched alkanes of at least 4 members (excludes halogenated alkanes) is 43. The fourth-order valence-corrected chi connectivity index (χ4v) is 9.61. The minimum Gasteiger partial charge on any atom is -0.466 e. The highest BCUT2D eigenvalue weighted by atomic mass is 16.5. The molecule has 6 heteroatoms. The highest BCUT2D eigenvalue weighted by Crippen LogP contribution is 2.17. The van der Waals surface area contributed by atoms with Crippen molar-refractivity contribution in [1.29, 1.82) is 0 Å². The first kappa shape index (κ1) is 68.1. The molecule has 0 saturated heterocycles. The van der Waals surface area contributed by atoms with Crippen LogP contribution in [0.5, 0.6) is 0 Å². The molecule has 0 aliphatic heterocycles. The fourth-order valence-electron chi connectivity index (χ4n) is 9.61. The number of esters is 1. The van der Waals surface area contributed by atoms with Crippen LogP contribution in [0.3, 0.4) is 0 Å². The van der Waals surface area contributed by atoms with Crippen molar-refractivity contribution in [3.05, 3.63) is 36.5 Å². The van der Waals surface area contributed by atoms with E-state index in [0.29, 0.717) is 19.4 Å². The van der Waals surface area contributed by atoms with Gasteiger partial charge < -0.3 is 20.3 Å². The van der Waals surface area contributed by atoms with E-state index in [-0.39, 0.29) is 18.5 Å². The van der Waals surface area contributed by atoms with Crippen molar-refractivity contribution >= 4 is 11.9 Å². The summed E-state index contributed by atoms with van der Waals surface area (Å²) >= 11 is 0. The van der Waals surface area contributed by atoms with Gasteiger partial charge in [-0.2, -0.15) is 0 Å². The average Bonchev–Trinajstić information content (AvgIpc) is 3.36. The van der Waals surface area contributed by atoms with E-state index in [1.165, 1.54) is 257 Å². The number of nitrogens with one attached hydrogen (secondary N) is 1. The molecule has 0 fully saturated rings. The zero-order valence-electron chi connectivity index (χ0n) is 47.0. The summed E-state index contributed by atoms with van der Waals surface area (Å²) < 4.78 is 5.49. The summed E-state index contributed by atoms with van der Waals surface area (Å²) in [6, 6.07) is -0.633. The molecule has 6 nitrogen and oxygen atoms in total. The molecule has 0 aromatic rings. The van der Waals surface area contributed by atoms with E-state index in [0.717, 1.165) is 51.4 Å². The number of amides is 1. The molecule has 0 aromatic carbocycles. The molecule has 0 aliphatic rings. The van der Waals surface area contributed by atoms with Crippen molar-refractivity contribution in [2.45, 2.75) is 347 Å². The highest BCUT2D eigenvalue weighted by molar-refractivity contribution is 5.76. The Bertz CT molecular complexity index is 1130. The molecule has 0 saturated carbocycles. The van der Waals surface area contributed by atoms with Gasteiger partial charge in [-0.3, -0.25) is 9.59 Å². The van der Waals surface area contributed by atoms with E-state index in [1.54, 1.807) is 6.08 Å². The predicted octanol–water partition coefficient (Wildman–Crippen LogP) is 19.6. The molecule has 2 atom stereocenters. The zero-order valence-corrected chi connectivity index (χ0v) is 47.0. The molecule has 0 bridgehead atoms. The summed E-state index contributed by atoms with van der Waals surface area (Å²) in [5, 5.41) is 23.2. The van der Waals surface area contributed by atoms with E-state index >= 15 is 0 Å². The maximum absolute atomic E-state index is 12.5. The zero-order chi connectivity index (χ0) is 50.7. The van der Waals surface area contributed by atoms with Crippen LogP contribution in [-0.4, -0.2) is 47.4 Å². The SMILES string of the molecule is CCCCC/C=C\C/C=C\CCCCCCCCCC(=O)OCCCCCCCCCCCCCCCCCCCC(=O)NC(CO)C(O)/C=C/CCCCCCCCCCCCCCCCCCC. The normalized spacial score (nSPS) is 12.8. The van der Waals surface area contributed by atoms with Crippen molar-refractivity contribution in [2.24, 2.45) is 0 Å². The Labute approximate surface area is 436 Å². The minimum atomic E-state index is -0.849. The smallest absolute Gasteiger partial charge is 0.305 e.